The van der Waals surface area contributed by atoms with Gasteiger partial charge in [-0.3, -0.25) is 29.4 Å². The minimum atomic E-state index is -0.421. The summed E-state index contributed by atoms with van der Waals surface area (Å²) in [6.45, 7) is 6.13. The first-order valence-electron chi connectivity index (χ1n) is 24.9. The fraction of sp³-hybridized carbons (Fsp3) is 0.436. The maximum atomic E-state index is 12.4. The third-order valence-electron chi connectivity index (χ3n) is 13.1. The van der Waals surface area contributed by atoms with Gasteiger partial charge in [0.2, 0.25) is 0 Å². The summed E-state index contributed by atoms with van der Waals surface area (Å²) in [7, 11) is 0. The first kappa shape index (κ1) is 55.5. The van der Waals surface area contributed by atoms with Crippen LogP contribution >= 0.6 is 0 Å². The molecule has 0 bridgehead atoms. The lowest BCUT2D eigenvalue weighted by Crippen LogP contribution is -2.28. The molecule has 0 saturated heterocycles. The smallest absolute Gasteiger partial charge is 0.338 e. The van der Waals surface area contributed by atoms with Crippen molar-refractivity contribution in [3.05, 3.63) is 125 Å². The molecule has 4 aromatic rings. The molecule has 4 aromatic carbocycles. The Kier molecular flexibility index (Phi) is 22.4. The molecule has 0 aromatic heterocycles. The predicted octanol–water partition coefficient (Wildman–Crippen LogP) is 7.73. The van der Waals surface area contributed by atoms with E-state index in [4.69, 9.17) is 53.3 Å². The lowest BCUT2D eigenvalue weighted by molar-refractivity contribution is -0.141. The van der Waals surface area contributed by atoms with Gasteiger partial charge in [-0.25, -0.2) is 4.79 Å². The molecule has 0 spiro atoms. The minimum absolute atomic E-state index is 0. The standard InChI is InChI=1S/C23H27N3O4.2C16H23N3O2.3H2/c24-23(25)26-14-16-6-8-19(9-7-16)22(28)30-20-12-10-18(11-13-20)21(27)29-15-17-4-2-1-3-5-17;2*1-11-2-8-14(9-3-11)21-15(20)13-6-4-12(5-7-13)10-19-16(17)18;;;/h1-5,10-13,16,19H,6-9,14-15H2,(H4,24,25,26);2*2-3,8-9,12-13H,4-7,10H2,1H3,(H4,17,18,19);3*1H. The molecule has 12 N–H and O–H groups in total. The molecule has 0 heterocycles. The van der Waals surface area contributed by atoms with Crippen LogP contribution in [0.3, 0.4) is 0 Å². The van der Waals surface area contributed by atoms with E-state index in [-0.39, 0.29) is 64.4 Å². The van der Waals surface area contributed by atoms with Crippen LogP contribution in [-0.2, 0) is 25.7 Å². The van der Waals surface area contributed by atoms with Crippen LogP contribution in [-0.4, -0.2) is 61.4 Å². The highest BCUT2D eigenvalue weighted by Gasteiger charge is 2.30. The number of carbonyl (C=O) groups excluding carboxylic acids is 4. The summed E-state index contributed by atoms with van der Waals surface area (Å²) in [5.74, 6) is 2.30. The van der Waals surface area contributed by atoms with Gasteiger partial charge in [0.15, 0.2) is 17.9 Å². The second-order valence-electron chi connectivity index (χ2n) is 18.9. The summed E-state index contributed by atoms with van der Waals surface area (Å²) in [4.78, 5) is 61.0. The molecule has 0 amide bonds. The van der Waals surface area contributed by atoms with E-state index in [1.165, 1.54) is 0 Å². The molecule has 0 unspecified atom stereocenters. The average molecular weight is 994 g/mol. The van der Waals surface area contributed by atoms with E-state index in [1.807, 2.05) is 92.7 Å². The quantitative estimate of drug-likeness (QED) is 0.0288. The Morgan fingerprint density at radius 2 is 0.750 bits per heavy atom. The zero-order valence-electron chi connectivity index (χ0n) is 41.7. The van der Waals surface area contributed by atoms with Crippen LogP contribution in [0.15, 0.2) is 118 Å². The molecular formula is C55H79N9O8. The van der Waals surface area contributed by atoms with Gasteiger partial charge in [0, 0.05) is 23.9 Å². The van der Waals surface area contributed by atoms with Crippen LogP contribution in [0.25, 0.3) is 0 Å². The Bertz CT molecular complexity index is 2320. The monoisotopic (exact) mass is 994 g/mol. The van der Waals surface area contributed by atoms with Gasteiger partial charge in [-0.1, -0.05) is 65.7 Å². The number of esters is 4. The second kappa shape index (κ2) is 29.0. The van der Waals surface area contributed by atoms with Crippen LogP contribution in [0.1, 0.15) is 108 Å². The molecule has 0 atom stereocenters. The number of carbonyl (C=O) groups is 4. The predicted molar refractivity (Wildman–Crippen MR) is 286 cm³/mol. The van der Waals surface area contributed by atoms with E-state index in [2.05, 4.69) is 15.0 Å². The van der Waals surface area contributed by atoms with E-state index in [9.17, 15) is 19.2 Å². The first-order valence-corrected chi connectivity index (χ1v) is 24.9. The topological polar surface area (TPSA) is 298 Å². The molecule has 7 rings (SSSR count). The minimum Gasteiger partial charge on any atom is -0.457 e. The number of benzene rings is 4. The van der Waals surface area contributed by atoms with E-state index >= 15 is 0 Å². The third-order valence-corrected chi connectivity index (χ3v) is 13.1. The molecule has 3 fully saturated rings. The highest BCUT2D eigenvalue weighted by Crippen LogP contribution is 2.33. The van der Waals surface area contributed by atoms with Crippen molar-refractivity contribution in [2.45, 2.75) is 97.5 Å². The number of hydrogen-bond donors (Lipinski definition) is 6. The average Bonchev–Trinajstić information content (AvgIpc) is 3.38. The highest BCUT2D eigenvalue weighted by atomic mass is 16.5. The van der Waals surface area contributed by atoms with Crippen molar-refractivity contribution in [1.82, 2.24) is 0 Å². The van der Waals surface area contributed by atoms with Gasteiger partial charge in [-0.15, -0.1) is 0 Å². The number of hydrogen-bond acceptors (Lipinski definition) is 11. The largest absolute Gasteiger partial charge is 0.457 e. The number of rotatable bonds is 15. The summed E-state index contributed by atoms with van der Waals surface area (Å²) in [5.41, 5.74) is 35.7. The van der Waals surface area contributed by atoms with Crippen LogP contribution in [0.4, 0.5) is 0 Å². The molecule has 0 aliphatic heterocycles. The summed E-state index contributed by atoms with van der Waals surface area (Å²) in [6, 6.07) is 31.0. The van der Waals surface area contributed by atoms with E-state index in [0.29, 0.717) is 60.2 Å². The van der Waals surface area contributed by atoms with Crippen molar-refractivity contribution in [1.29, 1.82) is 0 Å². The molecule has 3 aliphatic rings. The second-order valence-corrected chi connectivity index (χ2v) is 18.9. The van der Waals surface area contributed by atoms with Crippen molar-refractivity contribution in [2.24, 2.45) is 84.9 Å². The lowest BCUT2D eigenvalue weighted by Gasteiger charge is -2.26. The summed E-state index contributed by atoms with van der Waals surface area (Å²) < 4.78 is 21.7. The number of aryl methyl sites for hydroxylation is 2. The van der Waals surface area contributed by atoms with E-state index in [0.717, 1.165) is 93.7 Å². The SMILES string of the molecule is Cc1ccc(OC(=O)C2CCC(CN=C(N)N)CC2)cc1.Cc1ccc(OC(=O)C2CCC(CN=C(N)N)CC2)cc1.NC(N)=NCC1CCC(C(=O)Oc2ccc(C(=O)OCc3ccccc3)cc2)CC1.[HH].[HH].[HH]. The van der Waals surface area contributed by atoms with Gasteiger partial charge in [0.25, 0.3) is 0 Å². The Morgan fingerprint density at radius 1 is 0.444 bits per heavy atom. The number of ether oxygens (including phenoxy) is 4. The van der Waals surface area contributed by atoms with Gasteiger partial charge < -0.3 is 53.3 Å². The van der Waals surface area contributed by atoms with Gasteiger partial charge in [-0.2, -0.15) is 0 Å². The third kappa shape index (κ3) is 20.1. The summed E-state index contributed by atoms with van der Waals surface area (Å²) in [6.07, 6.45) is 10.5. The van der Waals surface area contributed by atoms with E-state index in [1.54, 1.807) is 24.3 Å². The molecule has 3 saturated carbocycles. The van der Waals surface area contributed by atoms with Crippen molar-refractivity contribution in [3.8, 4) is 17.2 Å². The van der Waals surface area contributed by atoms with Crippen LogP contribution in [0.5, 0.6) is 17.2 Å². The van der Waals surface area contributed by atoms with Gasteiger partial charge in [0.05, 0.1) is 23.3 Å². The summed E-state index contributed by atoms with van der Waals surface area (Å²) >= 11 is 0. The molecule has 392 valence electrons. The number of nitrogens with zero attached hydrogens (tertiary/aromatic N) is 3. The Hall–Kier alpha value is -7.43. The maximum absolute atomic E-state index is 12.4. The molecule has 0 radical (unpaired) electrons. The Morgan fingerprint density at radius 3 is 1.06 bits per heavy atom. The van der Waals surface area contributed by atoms with Crippen molar-refractivity contribution < 1.29 is 42.4 Å². The van der Waals surface area contributed by atoms with Crippen molar-refractivity contribution in [2.75, 3.05) is 19.6 Å². The van der Waals surface area contributed by atoms with Crippen molar-refractivity contribution >= 4 is 41.8 Å². The zero-order valence-corrected chi connectivity index (χ0v) is 41.7. The molecular weight excluding hydrogens is 915 g/mol. The van der Waals surface area contributed by atoms with Crippen LogP contribution in [0.2, 0.25) is 0 Å². The fourth-order valence-electron chi connectivity index (χ4n) is 8.72. The number of nitrogens with two attached hydrogens (primary N) is 6. The van der Waals surface area contributed by atoms with Crippen LogP contribution in [0, 0.1) is 49.4 Å². The van der Waals surface area contributed by atoms with Gasteiger partial charge in [0.1, 0.15) is 23.9 Å². The van der Waals surface area contributed by atoms with Crippen molar-refractivity contribution in [3.63, 3.8) is 0 Å². The van der Waals surface area contributed by atoms with Gasteiger partial charge in [-0.05, 0) is 163 Å². The number of aliphatic imine (C=N–C) groups is 3. The Labute approximate surface area is 427 Å². The highest BCUT2D eigenvalue weighted by molar-refractivity contribution is 5.89. The first-order chi connectivity index (χ1) is 34.6. The molecule has 17 nitrogen and oxygen atoms in total. The lowest BCUT2D eigenvalue weighted by atomic mass is 9.82. The normalized spacial score (nSPS) is 20.2. The fourth-order valence-corrected chi connectivity index (χ4v) is 8.72. The molecule has 72 heavy (non-hydrogen) atoms. The summed E-state index contributed by atoms with van der Waals surface area (Å²) in [5, 5.41) is 0. The number of guanidine groups is 3. The van der Waals surface area contributed by atoms with E-state index < -0.39 is 5.97 Å². The zero-order chi connectivity index (χ0) is 51.8. The molecule has 3 aliphatic carbocycles. The Balaban J connectivity index is 0.000000387. The van der Waals surface area contributed by atoms with Crippen LogP contribution < -0.4 is 48.6 Å². The van der Waals surface area contributed by atoms with Gasteiger partial charge >= 0.3 is 23.9 Å². The molecule has 17 heteroatoms. The maximum Gasteiger partial charge on any atom is 0.338 e.